The maximum absolute atomic E-state index is 10.9. The lowest BCUT2D eigenvalue weighted by Gasteiger charge is -2.11. The van der Waals surface area contributed by atoms with Crippen molar-refractivity contribution < 1.29 is 19.1 Å². The lowest BCUT2D eigenvalue weighted by atomic mass is 10.5. The molecular formula is C7H11NO4. The molecule has 0 aromatic heterocycles. The van der Waals surface area contributed by atoms with Crippen molar-refractivity contribution in [3.05, 3.63) is 0 Å². The van der Waals surface area contributed by atoms with E-state index in [0.717, 1.165) is 4.90 Å². The molecule has 1 amide bonds. The van der Waals surface area contributed by atoms with Crippen LogP contribution < -0.4 is 0 Å². The van der Waals surface area contributed by atoms with Crippen LogP contribution in [-0.2, 0) is 19.1 Å². The van der Waals surface area contributed by atoms with Crippen LogP contribution in [-0.4, -0.2) is 43.3 Å². The van der Waals surface area contributed by atoms with Gasteiger partial charge >= 0.3 is 11.9 Å². The fourth-order valence-corrected chi connectivity index (χ4v) is 0.543. The van der Waals surface area contributed by atoms with Gasteiger partial charge in [-0.3, -0.25) is 4.79 Å². The topological polar surface area (TPSA) is 63.7 Å². The summed E-state index contributed by atoms with van der Waals surface area (Å²) in [6, 6.07) is 0. The third-order valence-electron chi connectivity index (χ3n) is 1.15. The van der Waals surface area contributed by atoms with Gasteiger partial charge in [0.05, 0.1) is 13.2 Å². The first-order chi connectivity index (χ1) is 5.63. The highest BCUT2D eigenvalue weighted by atomic mass is 16.5. The number of hydrogen-bond donors (Lipinski definition) is 0. The van der Waals surface area contributed by atoms with Crippen LogP contribution in [0, 0.1) is 0 Å². The van der Waals surface area contributed by atoms with Gasteiger partial charge < -0.3 is 14.4 Å². The number of esters is 1. The van der Waals surface area contributed by atoms with Gasteiger partial charge in [-0.05, 0) is 6.92 Å². The van der Waals surface area contributed by atoms with Crippen LogP contribution in [0.25, 0.3) is 0 Å². The lowest BCUT2D eigenvalue weighted by Crippen LogP contribution is -2.35. The molecule has 0 N–H and O–H groups in total. The number of ether oxygens (including phenoxy) is 1. The van der Waals surface area contributed by atoms with Gasteiger partial charge in [0.2, 0.25) is 0 Å². The molecule has 0 rings (SSSR count). The maximum atomic E-state index is 10.9. The highest BCUT2D eigenvalue weighted by Crippen LogP contribution is 1.86. The summed E-state index contributed by atoms with van der Waals surface area (Å²) in [4.78, 5) is 32.6. The molecule has 0 aliphatic rings. The number of aldehydes is 1. The van der Waals surface area contributed by atoms with Gasteiger partial charge in [0.1, 0.15) is 6.29 Å². The van der Waals surface area contributed by atoms with Gasteiger partial charge in [-0.25, -0.2) is 4.79 Å². The van der Waals surface area contributed by atoms with E-state index >= 15 is 0 Å². The predicted molar refractivity (Wildman–Crippen MR) is 40.3 cm³/mol. The molecule has 0 fully saturated rings. The van der Waals surface area contributed by atoms with E-state index in [1.165, 1.54) is 7.05 Å². The molecular weight excluding hydrogens is 162 g/mol. The molecule has 0 unspecified atom stereocenters. The Bertz CT molecular complexity index is 190. The standard InChI is InChI=1S/C7H11NO4/c1-3-12-7(11)6(10)8(2)4-5-9/h5H,3-4H2,1-2H3. The summed E-state index contributed by atoms with van der Waals surface area (Å²) < 4.78 is 4.43. The number of hydrogen-bond acceptors (Lipinski definition) is 4. The van der Waals surface area contributed by atoms with Gasteiger partial charge in [-0.2, -0.15) is 0 Å². The summed E-state index contributed by atoms with van der Waals surface area (Å²) in [5.41, 5.74) is 0. The number of nitrogens with zero attached hydrogens (tertiary/aromatic N) is 1. The average Bonchev–Trinajstić information content (AvgIpc) is 2.04. The molecule has 5 nitrogen and oxygen atoms in total. The fraction of sp³-hybridized carbons (Fsp3) is 0.571. The van der Waals surface area contributed by atoms with Crippen LogP contribution in [0.4, 0.5) is 0 Å². The molecule has 0 spiro atoms. The van der Waals surface area contributed by atoms with E-state index in [-0.39, 0.29) is 13.2 Å². The van der Waals surface area contributed by atoms with Gasteiger partial charge in [-0.15, -0.1) is 0 Å². The Morgan fingerprint density at radius 1 is 1.50 bits per heavy atom. The summed E-state index contributed by atoms with van der Waals surface area (Å²) in [6.45, 7) is 1.65. The molecule has 0 heterocycles. The van der Waals surface area contributed by atoms with Crippen LogP contribution in [0.3, 0.4) is 0 Å². The molecule has 0 saturated heterocycles. The summed E-state index contributed by atoms with van der Waals surface area (Å²) in [5, 5.41) is 0. The molecule has 0 saturated carbocycles. The number of amides is 1. The van der Waals surface area contributed by atoms with Crippen LogP contribution in [0.1, 0.15) is 6.92 Å². The normalized spacial score (nSPS) is 8.83. The van der Waals surface area contributed by atoms with E-state index < -0.39 is 11.9 Å². The summed E-state index contributed by atoms with van der Waals surface area (Å²) in [6.07, 6.45) is 0.539. The Balaban J connectivity index is 3.99. The molecule has 12 heavy (non-hydrogen) atoms. The first-order valence-electron chi connectivity index (χ1n) is 3.49. The highest BCUT2D eigenvalue weighted by Gasteiger charge is 2.18. The molecule has 0 aliphatic carbocycles. The predicted octanol–water partition coefficient (Wildman–Crippen LogP) is -0.793. The summed E-state index contributed by atoms with van der Waals surface area (Å²) in [7, 11) is 1.35. The van der Waals surface area contributed by atoms with Crippen molar-refractivity contribution in [2.45, 2.75) is 6.92 Å². The van der Waals surface area contributed by atoms with Crippen LogP contribution >= 0.6 is 0 Å². The first-order valence-corrected chi connectivity index (χ1v) is 3.49. The highest BCUT2D eigenvalue weighted by molar-refractivity contribution is 6.32. The Morgan fingerprint density at radius 3 is 2.50 bits per heavy atom. The van der Waals surface area contributed by atoms with E-state index in [1.54, 1.807) is 6.92 Å². The average molecular weight is 173 g/mol. The zero-order chi connectivity index (χ0) is 9.56. The SMILES string of the molecule is CCOC(=O)C(=O)N(C)CC=O. The molecule has 5 heteroatoms. The lowest BCUT2D eigenvalue weighted by molar-refractivity contribution is -0.159. The van der Waals surface area contributed by atoms with Gasteiger partial charge in [0.25, 0.3) is 0 Å². The number of likely N-dealkylation sites (N-methyl/N-ethyl adjacent to an activating group) is 1. The van der Waals surface area contributed by atoms with E-state index in [2.05, 4.69) is 4.74 Å². The second-order valence-corrected chi connectivity index (χ2v) is 2.07. The summed E-state index contributed by atoms with van der Waals surface area (Å²) in [5.74, 6) is -1.73. The van der Waals surface area contributed by atoms with Gasteiger partial charge in [0, 0.05) is 7.05 Å². The van der Waals surface area contributed by atoms with Crippen LogP contribution in [0.5, 0.6) is 0 Å². The second kappa shape index (κ2) is 5.29. The minimum absolute atomic E-state index is 0.0996. The molecule has 0 aromatic carbocycles. The van der Waals surface area contributed by atoms with Crippen molar-refractivity contribution in [3.63, 3.8) is 0 Å². The molecule has 0 bridgehead atoms. The zero-order valence-corrected chi connectivity index (χ0v) is 7.07. The van der Waals surface area contributed by atoms with Crippen molar-refractivity contribution in [1.82, 2.24) is 4.90 Å². The second-order valence-electron chi connectivity index (χ2n) is 2.07. The Hall–Kier alpha value is -1.39. The van der Waals surface area contributed by atoms with Gasteiger partial charge in [0.15, 0.2) is 0 Å². The largest absolute Gasteiger partial charge is 0.459 e. The number of rotatable bonds is 3. The zero-order valence-electron chi connectivity index (χ0n) is 7.07. The molecule has 0 radical (unpaired) electrons. The van der Waals surface area contributed by atoms with Crippen LogP contribution in [0.15, 0.2) is 0 Å². The number of carbonyl (C=O) groups is 3. The van der Waals surface area contributed by atoms with Crippen molar-refractivity contribution in [1.29, 1.82) is 0 Å². The van der Waals surface area contributed by atoms with Crippen LogP contribution in [0.2, 0.25) is 0 Å². The van der Waals surface area contributed by atoms with E-state index in [9.17, 15) is 14.4 Å². The molecule has 0 aliphatic heterocycles. The minimum Gasteiger partial charge on any atom is -0.459 e. The Morgan fingerprint density at radius 2 is 2.08 bits per heavy atom. The maximum Gasteiger partial charge on any atom is 0.397 e. The molecule has 0 aromatic rings. The number of carbonyl (C=O) groups excluding carboxylic acids is 3. The smallest absolute Gasteiger partial charge is 0.397 e. The third-order valence-corrected chi connectivity index (χ3v) is 1.15. The molecule has 0 atom stereocenters. The van der Waals surface area contributed by atoms with Crippen molar-refractivity contribution in [2.75, 3.05) is 20.2 Å². The quantitative estimate of drug-likeness (QED) is 0.318. The van der Waals surface area contributed by atoms with Crippen molar-refractivity contribution in [3.8, 4) is 0 Å². The van der Waals surface area contributed by atoms with Gasteiger partial charge in [-0.1, -0.05) is 0 Å². The van der Waals surface area contributed by atoms with E-state index in [1.807, 2.05) is 0 Å². The first kappa shape index (κ1) is 10.6. The minimum atomic E-state index is -0.929. The Kier molecular flexibility index (Phi) is 4.67. The Labute approximate surface area is 70.3 Å². The van der Waals surface area contributed by atoms with E-state index in [0.29, 0.717) is 6.29 Å². The fourth-order valence-electron chi connectivity index (χ4n) is 0.543. The summed E-state index contributed by atoms with van der Waals surface area (Å²) >= 11 is 0. The third kappa shape index (κ3) is 3.14. The van der Waals surface area contributed by atoms with E-state index in [4.69, 9.17) is 0 Å². The molecule has 68 valence electrons. The monoisotopic (exact) mass is 173 g/mol. The van der Waals surface area contributed by atoms with Crippen molar-refractivity contribution >= 4 is 18.2 Å². The van der Waals surface area contributed by atoms with Crippen molar-refractivity contribution in [2.24, 2.45) is 0 Å².